The summed E-state index contributed by atoms with van der Waals surface area (Å²) in [6.45, 7) is 2.00. The lowest BCUT2D eigenvalue weighted by Crippen LogP contribution is -2.23. The normalized spacial score (nSPS) is 10.6. The fraction of sp³-hybridized carbons (Fsp3) is 0.250. The van der Waals surface area contributed by atoms with E-state index in [0.29, 0.717) is 5.69 Å². The van der Waals surface area contributed by atoms with Crippen molar-refractivity contribution in [1.82, 2.24) is 14.3 Å². The lowest BCUT2D eigenvalue weighted by molar-refractivity contribution is 0.0695. The van der Waals surface area contributed by atoms with Gasteiger partial charge >= 0.3 is 5.97 Å². The average Bonchev–Trinajstić information content (AvgIpc) is 2.66. The molecule has 0 fully saturated rings. The second-order valence-electron chi connectivity index (χ2n) is 4.03. The number of carbonyl (C=O) groups is 1. The van der Waals surface area contributed by atoms with E-state index in [0.717, 1.165) is 5.69 Å². The molecule has 2 aromatic heterocycles. The maximum Gasteiger partial charge on any atom is 0.339 e. The highest BCUT2D eigenvalue weighted by molar-refractivity contribution is 5.88. The van der Waals surface area contributed by atoms with E-state index in [1.165, 1.54) is 21.5 Å². The molecule has 0 unspecified atom stereocenters. The molecule has 2 heterocycles. The summed E-state index contributed by atoms with van der Waals surface area (Å²) < 4.78 is 2.99. The van der Waals surface area contributed by atoms with E-state index in [-0.39, 0.29) is 17.7 Å². The lowest BCUT2D eigenvalue weighted by atomic mass is 10.2. The van der Waals surface area contributed by atoms with Crippen molar-refractivity contribution in [3.63, 3.8) is 0 Å². The molecule has 0 atom stereocenters. The Morgan fingerprint density at radius 3 is 2.78 bits per heavy atom. The maximum atomic E-state index is 11.7. The van der Waals surface area contributed by atoms with Gasteiger partial charge in [-0.15, -0.1) is 0 Å². The van der Waals surface area contributed by atoms with Crippen LogP contribution in [0.3, 0.4) is 0 Å². The molecule has 0 aliphatic rings. The molecule has 0 spiro atoms. The van der Waals surface area contributed by atoms with Gasteiger partial charge in [0.2, 0.25) is 0 Å². The molecule has 94 valence electrons. The summed E-state index contributed by atoms with van der Waals surface area (Å²) in [6.07, 6.45) is 1.29. The number of rotatable bonds is 3. The number of carboxylic acid groups (broad SMARTS) is 1. The van der Waals surface area contributed by atoms with Crippen LogP contribution in [0, 0.1) is 6.92 Å². The number of carboxylic acids is 1. The molecule has 0 amide bonds. The number of aryl methyl sites for hydroxylation is 2. The Labute approximate surface area is 103 Å². The van der Waals surface area contributed by atoms with Crippen molar-refractivity contribution in [2.24, 2.45) is 7.05 Å². The molecule has 1 N–H and O–H groups in total. The first-order valence-corrected chi connectivity index (χ1v) is 5.41. The van der Waals surface area contributed by atoms with Crippen LogP contribution in [-0.4, -0.2) is 25.4 Å². The molecular weight excluding hydrogens is 234 g/mol. The second-order valence-corrected chi connectivity index (χ2v) is 4.03. The minimum absolute atomic E-state index is 0.118. The minimum Gasteiger partial charge on any atom is -0.478 e. The fourth-order valence-corrected chi connectivity index (χ4v) is 1.80. The van der Waals surface area contributed by atoms with Gasteiger partial charge in [0.25, 0.3) is 5.56 Å². The van der Waals surface area contributed by atoms with Gasteiger partial charge in [-0.2, -0.15) is 5.10 Å². The monoisotopic (exact) mass is 247 g/mol. The summed E-state index contributed by atoms with van der Waals surface area (Å²) in [5, 5.41) is 13.0. The van der Waals surface area contributed by atoms with Gasteiger partial charge in [-0.3, -0.25) is 9.48 Å². The third-order valence-electron chi connectivity index (χ3n) is 2.87. The largest absolute Gasteiger partial charge is 0.478 e. The first-order chi connectivity index (χ1) is 8.50. The van der Waals surface area contributed by atoms with E-state index < -0.39 is 5.97 Å². The van der Waals surface area contributed by atoms with Gasteiger partial charge in [0.1, 0.15) is 5.56 Å². The van der Waals surface area contributed by atoms with Gasteiger partial charge in [-0.25, -0.2) is 4.79 Å². The van der Waals surface area contributed by atoms with E-state index in [4.69, 9.17) is 5.11 Å². The number of hydrogen-bond acceptors (Lipinski definition) is 3. The quantitative estimate of drug-likeness (QED) is 0.863. The zero-order valence-corrected chi connectivity index (χ0v) is 10.1. The zero-order chi connectivity index (χ0) is 13.3. The summed E-state index contributed by atoms with van der Waals surface area (Å²) in [7, 11) is 1.66. The average molecular weight is 247 g/mol. The highest BCUT2D eigenvalue weighted by Crippen LogP contribution is 2.09. The van der Waals surface area contributed by atoms with Crippen molar-refractivity contribution in [2.45, 2.75) is 13.5 Å². The molecular formula is C12H13N3O3. The van der Waals surface area contributed by atoms with Crippen molar-refractivity contribution in [2.75, 3.05) is 0 Å². The topological polar surface area (TPSA) is 77.1 Å². The van der Waals surface area contributed by atoms with Crippen molar-refractivity contribution >= 4 is 5.97 Å². The van der Waals surface area contributed by atoms with Crippen LogP contribution in [0.15, 0.2) is 29.2 Å². The lowest BCUT2D eigenvalue weighted by Gasteiger charge is -2.10. The molecule has 0 bridgehead atoms. The van der Waals surface area contributed by atoms with E-state index in [2.05, 4.69) is 5.10 Å². The van der Waals surface area contributed by atoms with Crippen LogP contribution in [0.5, 0.6) is 0 Å². The van der Waals surface area contributed by atoms with Crippen LogP contribution < -0.4 is 5.56 Å². The molecule has 6 heteroatoms. The van der Waals surface area contributed by atoms with Crippen LogP contribution in [0.25, 0.3) is 0 Å². The summed E-state index contributed by atoms with van der Waals surface area (Å²) in [4.78, 5) is 22.8. The van der Waals surface area contributed by atoms with Crippen molar-refractivity contribution in [1.29, 1.82) is 0 Å². The van der Waals surface area contributed by atoms with Gasteiger partial charge in [-0.05, 0) is 13.0 Å². The molecule has 0 radical (unpaired) electrons. The zero-order valence-electron chi connectivity index (χ0n) is 10.1. The molecule has 0 aromatic carbocycles. The molecule has 0 saturated heterocycles. The van der Waals surface area contributed by atoms with Crippen LogP contribution in [0.1, 0.15) is 21.7 Å². The van der Waals surface area contributed by atoms with Gasteiger partial charge in [0.15, 0.2) is 0 Å². The smallest absolute Gasteiger partial charge is 0.339 e. The van der Waals surface area contributed by atoms with Crippen molar-refractivity contribution < 1.29 is 9.90 Å². The van der Waals surface area contributed by atoms with Gasteiger partial charge in [0.05, 0.1) is 18.4 Å². The van der Waals surface area contributed by atoms with Gasteiger partial charge < -0.3 is 9.67 Å². The second kappa shape index (κ2) is 4.48. The Hall–Kier alpha value is -2.37. The molecule has 18 heavy (non-hydrogen) atoms. The van der Waals surface area contributed by atoms with Crippen molar-refractivity contribution in [3.8, 4) is 0 Å². The SMILES string of the molecule is Cc1cccc(=O)n1Cc1c(C(=O)O)cnn1C. The predicted octanol–water partition coefficient (Wildman–Crippen LogP) is 0.637. The number of nitrogens with zero attached hydrogens (tertiary/aromatic N) is 3. The number of pyridine rings is 1. The van der Waals surface area contributed by atoms with Gasteiger partial charge in [0, 0.05) is 18.8 Å². The Balaban J connectivity index is 2.50. The van der Waals surface area contributed by atoms with Crippen LogP contribution in [-0.2, 0) is 13.6 Å². The molecule has 2 rings (SSSR count). The van der Waals surface area contributed by atoms with E-state index in [9.17, 15) is 9.59 Å². The highest BCUT2D eigenvalue weighted by atomic mass is 16.4. The van der Waals surface area contributed by atoms with Crippen LogP contribution in [0.2, 0.25) is 0 Å². The minimum atomic E-state index is -1.04. The summed E-state index contributed by atoms with van der Waals surface area (Å²) in [6, 6.07) is 4.93. The van der Waals surface area contributed by atoms with E-state index >= 15 is 0 Å². The Morgan fingerprint density at radius 1 is 1.44 bits per heavy atom. The van der Waals surface area contributed by atoms with Crippen LogP contribution in [0.4, 0.5) is 0 Å². The first kappa shape index (κ1) is 12.1. The summed E-state index contributed by atoms with van der Waals surface area (Å²) >= 11 is 0. The molecule has 0 saturated carbocycles. The summed E-state index contributed by atoms with van der Waals surface area (Å²) in [5.74, 6) is -1.04. The Morgan fingerprint density at radius 2 is 2.17 bits per heavy atom. The Kier molecular flexibility index (Phi) is 3.01. The molecule has 0 aliphatic carbocycles. The molecule has 0 aliphatic heterocycles. The third kappa shape index (κ3) is 2.04. The van der Waals surface area contributed by atoms with E-state index in [1.54, 1.807) is 26.1 Å². The maximum absolute atomic E-state index is 11.7. The predicted molar refractivity (Wildman–Crippen MR) is 64.7 cm³/mol. The van der Waals surface area contributed by atoms with Crippen molar-refractivity contribution in [3.05, 3.63) is 51.7 Å². The fourth-order valence-electron chi connectivity index (χ4n) is 1.80. The Bertz CT molecular complexity index is 655. The van der Waals surface area contributed by atoms with Crippen LogP contribution >= 0.6 is 0 Å². The molecule has 2 aromatic rings. The standard InChI is InChI=1S/C12H13N3O3/c1-8-4-3-5-11(16)15(8)7-10-9(12(17)18)6-13-14(10)2/h3-6H,7H2,1-2H3,(H,17,18). The van der Waals surface area contributed by atoms with E-state index in [1.807, 2.05) is 0 Å². The highest BCUT2D eigenvalue weighted by Gasteiger charge is 2.16. The number of aromatic carboxylic acids is 1. The third-order valence-corrected chi connectivity index (χ3v) is 2.87. The number of hydrogen-bond donors (Lipinski definition) is 1. The number of aromatic nitrogens is 3. The first-order valence-electron chi connectivity index (χ1n) is 5.41. The molecule has 6 nitrogen and oxygen atoms in total. The van der Waals surface area contributed by atoms with Gasteiger partial charge in [-0.1, -0.05) is 6.07 Å². The summed E-state index contributed by atoms with van der Waals surface area (Å²) in [5.41, 5.74) is 1.24.